The Balaban J connectivity index is 2.52. The van der Waals surface area contributed by atoms with Crippen LogP contribution in [-0.4, -0.2) is 22.4 Å². The molecule has 3 nitrogen and oxygen atoms in total. The molecule has 0 saturated heterocycles. The van der Waals surface area contributed by atoms with E-state index >= 15 is 0 Å². The van der Waals surface area contributed by atoms with Crippen molar-refractivity contribution in [3.63, 3.8) is 0 Å². The molecule has 0 aliphatic rings. The van der Waals surface area contributed by atoms with Gasteiger partial charge in [-0.1, -0.05) is 46.0 Å². The summed E-state index contributed by atoms with van der Waals surface area (Å²) in [6, 6.07) is 0.567. The number of rotatable bonds is 11. The lowest BCUT2D eigenvalue weighted by Crippen LogP contribution is -2.32. The van der Waals surface area contributed by atoms with Crippen LogP contribution in [0.4, 0.5) is 0 Å². The van der Waals surface area contributed by atoms with Crippen LogP contribution in [0, 0.1) is 6.92 Å². The van der Waals surface area contributed by atoms with Gasteiger partial charge in [0, 0.05) is 19.5 Å². The monoisotopic (exact) mass is 357 g/mol. The van der Waals surface area contributed by atoms with Gasteiger partial charge >= 0.3 is 0 Å². The van der Waals surface area contributed by atoms with Gasteiger partial charge < -0.3 is 5.32 Å². The quantitative estimate of drug-likeness (QED) is 0.578. The molecule has 0 aromatic carbocycles. The van der Waals surface area contributed by atoms with Crippen molar-refractivity contribution >= 4 is 15.9 Å². The second-order valence-electron chi connectivity index (χ2n) is 6.03. The molecule has 0 radical (unpaired) electrons. The van der Waals surface area contributed by atoms with Crippen molar-refractivity contribution in [3.05, 3.63) is 15.9 Å². The average molecular weight is 358 g/mol. The smallest absolute Gasteiger partial charge is 0.0738 e. The number of halogens is 1. The predicted molar refractivity (Wildman–Crippen MR) is 94.8 cm³/mol. The van der Waals surface area contributed by atoms with Crippen molar-refractivity contribution in [2.24, 2.45) is 7.05 Å². The fourth-order valence-electron chi connectivity index (χ4n) is 2.75. The molecule has 21 heavy (non-hydrogen) atoms. The van der Waals surface area contributed by atoms with Crippen molar-refractivity contribution in [3.8, 4) is 0 Å². The molecule has 0 amide bonds. The van der Waals surface area contributed by atoms with Gasteiger partial charge in [-0.25, -0.2) is 0 Å². The lowest BCUT2D eigenvalue weighted by molar-refractivity contribution is 0.442. The van der Waals surface area contributed by atoms with Gasteiger partial charge in [-0.15, -0.1) is 0 Å². The first kappa shape index (κ1) is 18.7. The number of nitrogens with one attached hydrogen (secondary N) is 1. The average Bonchev–Trinajstić information content (AvgIpc) is 2.70. The predicted octanol–water partition coefficient (Wildman–Crippen LogP) is 4.76. The van der Waals surface area contributed by atoms with Gasteiger partial charge in [-0.3, -0.25) is 4.68 Å². The Morgan fingerprint density at radius 1 is 1.14 bits per heavy atom. The Bertz CT molecular complexity index is 401. The van der Waals surface area contributed by atoms with Gasteiger partial charge in [0.05, 0.1) is 15.9 Å². The topological polar surface area (TPSA) is 29.9 Å². The first-order valence-corrected chi connectivity index (χ1v) is 9.30. The molecule has 1 heterocycles. The Morgan fingerprint density at radius 2 is 1.86 bits per heavy atom. The molecule has 1 N–H and O–H groups in total. The zero-order valence-electron chi connectivity index (χ0n) is 14.2. The molecular formula is C17H32BrN3. The van der Waals surface area contributed by atoms with Crippen molar-refractivity contribution in [1.29, 1.82) is 0 Å². The van der Waals surface area contributed by atoms with E-state index in [0.29, 0.717) is 6.04 Å². The van der Waals surface area contributed by atoms with Gasteiger partial charge in [0.2, 0.25) is 0 Å². The molecule has 0 spiro atoms. The van der Waals surface area contributed by atoms with Crippen molar-refractivity contribution in [2.75, 3.05) is 6.54 Å². The summed E-state index contributed by atoms with van der Waals surface area (Å²) in [5.74, 6) is 0. The highest BCUT2D eigenvalue weighted by atomic mass is 79.9. The van der Waals surface area contributed by atoms with Gasteiger partial charge in [0.25, 0.3) is 0 Å². The van der Waals surface area contributed by atoms with Crippen LogP contribution < -0.4 is 5.32 Å². The Kier molecular flexibility index (Phi) is 9.25. The molecule has 0 fully saturated rings. The van der Waals surface area contributed by atoms with Crippen molar-refractivity contribution < 1.29 is 0 Å². The highest BCUT2D eigenvalue weighted by Gasteiger charge is 2.16. The summed E-state index contributed by atoms with van der Waals surface area (Å²) in [5, 5.41) is 8.22. The Morgan fingerprint density at radius 3 is 2.43 bits per heavy atom. The summed E-state index contributed by atoms with van der Waals surface area (Å²) in [4.78, 5) is 0. The molecule has 0 aliphatic heterocycles. The molecule has 4 heteroatoms. The summed E-state index contributed by atoms with van der Waals surface area (Å²) in [7, 11) is 2.05. The van der Waals surface area contributed by atoms with Crippen LogP contribution in [0.2, 0.25) is 0 Å². The second-order valence-corrected chi connectivity index (χ2v) is 6.82. The van der Waals surface area contributed by atoms with Gasteiger partial charge in [-0.05, 0) is 42.2 Å². The minimum absolute atomic E-state index is 0.567. The standard InChI is InChI=1S/C17H32BrN3/c1-5-7-8-9-10-11-15(19-12-6-2)13-16-17(18)14(3)20-21(16)4/h15,19H,5-13H2,1-4H3. The van der Waals surface area contributed by atoms with Crippen LogP contribution in [0.1, 0.15) is 70.2 Å². The molecular weight excluding hydrogens is 326 g/mol. The van der Waals surface area contributed by atoms with Crippen LogP contribution in [-0.2, 0) is 13.5 Å². The van der Waals surface area contributed by atoms with E-state index < -0.39 is 0 Å². The maximum atomic E-state index is 4.51. The van der Waals surface area contributed by atoms with E-state index in [1.165, 1.54) is 55.1 Å². The Labute approximate surface area is 139 Å². The molecule has 122 valence electrons. The molecule has 0 saturated carbocycles. The number of hydrogen-bond donors (Lipinski definition) is 1. The van der Waals surface area contributed by atoms with E-state index in [0.717, 1.165) is 18.7 Å². The largest absolute Gasteiger partial charge is 0.314 e. The molecule has 1 unspecified atom stereocenters. The third-order valence-electron chi connectivity index (χ3n) is 4.04. The normalized spacial score (nSPS) is 12.8. The fourth-order valence-corrected chi connectivity index (χ4v) is 3.25. The Hall–Kier alpha value is -0.350. The van der Waals surface area contributed by atoms with Crippen LogP contribution >= 0.6 is 15.9 Å². The van der Waals surface area contributed by atoms with Crippen molar-refractivity contribution in [1.82, 2.24) is 15.1 Å². The molecule has 1 rings (SSSR count). The molecule has 1 aromatic heterocycles. The summed E-state index contributed by atoms with van der Waals surface area (Å²) in [6.45, 7) is 7.67. The first-order chi connectivity index (χ1) is 10.1. The van der Waals surface area contributed by atoms with Crippen LogP contribution in [0.25, 0.3) is 0 Å². The van der Waals surface area contributed by atoms with Gasteiger partial charge in [0.15, 0.2) is 0 Å². The molecule has 1 atom stereocenters. The number of hydrogen-bond acceptors (Lipinski definition) is 2. The summed E-state index contributed by atoms with van der Waals surface area (Å²) >= 11 is 3.69. The van der Waals surface area contributed by atoms with Crippen molar-refractivity contribution in [2.45, 2.75) is 78.2 Å². The maximum Gasteiger partial charge on any atom is 0.0738 e. The minimum Gasteiger partial charge on any atom is -0.314 e. The molecule has 0 aliphatic carbocycles. The highest BCUT2D eigenvalue weighted by molar-refractivity contribution is 9.10. The number of aromatic nitrogens is 2. The summed E-state index contributed by atoms with van der Waals surface area (Å²) in [6.07, 6.45) is 10.3. The lowest BCUT2D eigenvalue weighted by atomic mass is 10.0. The first-order valence-electron chi connectivity index (χ1n) is 8.51. The van der Waals surface area contributed by atoms with E-state index in [4.69, 9.17) is 0 Å². The van der Waals surface area contributed by atoms with Crippen LogP contribution in [0.5, 0.6) is 0 Å². The van der Waals surface area contributed by atoms with E-state index in [1.807, 2.05) is 11.7 Å². The molecule has 0 bridgehead atoms. The third-order valence-corrected chi connectivity index (χ3v) is 5.07. The zero-order chi connectivity index (χ0) is 15.7. The van der Waals surface area contributed by atoms with Crippen LogP contribution in [0.3, 0.4) is 0 Å². The summed E-state index contributed by atoms with van der Waals surface area (Å²) in [5.41, 5.74) is 2.40. The zero-order valence-corrected chi connectivity index (χ0v) is 15.8. The van der Waals surface area contributed by atoms with Crippen LogP contribution in [0.15, 0.2) is 4.47 Å². The molecule has 1 aromatic rings. The highest BCUT2D eigenvalue weighted by Crippen LogP contribution is 2.22. The minimum atomic E-state index is 0.567. The van der Waals surface area contributed by atoms with E-state index in [2.05, 4.69) is 47.1 Å². The third kappa shape index (κ3) is 6.52. The second kappa shape index (κ2) is 10.4. The van der Waals surface area contributed by atoms with E-state index in [-0.39, 0.29) is 0 Å². The van der Waals surface area contributed by atoms with Gasteiger partial charge in [0.1, 0.15) is 0 Å². The maximum absolute atomic E-state index is 4.51. The summed E-state index contributed by atoms with van der Waals surface area (Å²) < 4.78 is 3.20. The van der Waals surface area contributed by atoms with E-state index in [9.17, 15) is 0 Å². The SMILES string of the molecule is CCCCCCCC(Cc1c(Br)c(C)nn1C)NCCC. The number of unbranched alkanes of at least 4 members (excludes halogenated alkanes) is 4. The number of aryl methyl sites for hydroxylation is 2. The van der Waals surface area contributed by atoms with E-state index in [1.54, 1.807) is 0 Å². The lowest BCUT2D eigenvalue weighted by Gasteiger charge is -2.19. The number of nitrogens with zero attached hydrogens (tertiary/aromatic N) is 2. The fraction of sp³-hybridized carbons (Fsp3) is 0.824. The van der Waals surface area contributed by atoms with Gasteiger partial charge in [-0.2, -0.15) is 5.10 Å².